The molecular weight excluding hydrogens is 442 g/mol. The van der Waals surface area contributed by atoms with Gasteiger partial charge in [-0.15, -0.1) is 0 Å². The molecule has 8 heteroatoms. The third-order valence-electron chi connectivity index (χ3n) is 3.99. The molecule has 0 aromatic rings. The van der Waals surface area contributed by atoms with E-state index in [1.54, 1.807) is 27.5 Å². The summed E-state index contributed by atoms with van der Waals surface area (Å²) < 4.78 is 5.80. The van der Waals surface area contributed by atoms with E-state index in [0.717, 1.165) is 0 Å². The quantitative estimate of drug-likeness (QED) is 0.443. The molecule has 0 aliphatic heterocycles. The van der Waals surface area contributed by atoms with Crippen LogP contribution in [0.1, 0.15) is 7.43 Å². The molecule has 0 aliphatic carbocycles. The van der Waals surface area contributed by atoms with Gasteiger partial charge in [-0.3, -0.25) is 0 Å². The fraction of sp³-hybridized carbons (Fsp3) is 1.00. The van der Waals surface area contributed by atoms with Gasteiger partial charge in [0.25, 0.3) is 0 Å². The topological polar surface area (TPSA) is 9.23 Å². The Labute approximate surface area is 177 Å². The number of hydrogen-bond donors (Lipinski definition) is 0. The zero-order valence-corrected chi connectivity index (χ0v) is 25.7. The SMILES string of the molecule is C.C[SiH](C[Si](C)(C)C)C[Si](C)(C)C[SiH](C)C[Si](C)(C)O[SiH2].[Y]. The van der Waals surface area contributed by atoms with Crippen LogP contribution in [0, 0.1) is 0 Å². The Morgan fingerprint density at radius 1 is 0.773 bits per heavy atom. The molecule has 0 saturated heterocycles. The van der Waals surface area contributed by atoms with Gasteiger partial charge in [0.15, 0.2) is 18.8 Å². The zero-order chi connectivity index (χ0) is 16.2. The molecule has 2 radical (unpaired) electrons. The smallest absolute Gasteiger partial charge is 0.169 e. The third-order valence-corrected chi connectivity index (χ3v) is 35.9. The zero-order valence-electron chi connectivity index (χ0n) is 16.2. The van der Waals surface area contributed by atoms with Gasteiger partial charge in [-0.2, -0.15) is 0 Å². The van der Waals surface area contributed by atoms with Crippen LogP contribution in [0.3, 0.4) is 0 Å². The summed E-state index contributed by atoms with van der Waals surface area (Å²) in [4.78, 5) is 0. The van der Waals surface area contributed by atoms with Gasteiger partial charge in [0.05, 0.1) is 0 Å². The maximum Gasteiger partial charge on any atom is 0.169 e. The molecule has 0 aromatic carbocycles. The number of rotatable bonds is 9. The molecule has 0 fully saturated rings. The van der Waals surface area contributed by atoms with E-state index in [1.807, 2.05) is 0 Å². The van der Waals surface area contributed by atoms with E-state index in [-0.39, 0.29) is 40.1 Å². The van der Waals surface area contributed by atoms with Crippen molar-refractivity contribution in [1.82, 2.24) is 0 Å². The normalized spacial score (nSPS) is 15.5. The van der Waals surface area contributed by atoms with Crippen molar-refractivity contribution in [2.75, 3.05) is 0 Å². The Morgan fingerprint density at radius 3 is 1.45 bits per heavy atom. The van der Waals surface area contributed by atoms with Crippen molar-refractivity contribution in [3.8, 4) is 0 Å². The monoisotopic (exact) mass is 484 g/mol. The summed E-state index contributed by atoms with van der Waals surface area (Å²) in [6, 6.07) is 0. The van der Waals surface area contributed by atoms with Crippen LogP contribution < -0.4 is 0 Å². The molecule has 0 amide bonds. The van der Waals surface area contributed by atoms with E-state index < -0.39 is 42.1 Å². The van der Waals surface area contributed by atoms with Crippen LogP contribution in [0.4, 0.5) is 0 Å². The first kappa shape index (κ1) is 29.1. The Bertz CT molecular complexity index is 294. The van der Waals surface area contributed by atoms with Crippen LogP contribution in [0.2, 0.25) is 81.6 Å². The van der Waals surface area contributed by atoms with Gasteiger partial charge in [-0.05, 0) is 18.8 Å². The first-order chi connectivity index (χ1) is 8.76. The average Bonchev–Trinajstić information content (AvgIpc) is 2.10. The predicted molar refractivity (Wildman–Crippen MR) is 120 cm³/mol. The Kier molecular flexibility index (Phi) is 15.7. The summed E-state index contributed by atoms with van der Waals surface area (Å²) in [6.07, 6.45) is 0. The van der Waals surface area contributed by atoms with Gasteiger partial charge in [0, 0.05) is 66.5 Å². The molecule has 0 bridgehead atoms. The fourth-order valence-electron chi connectivity index (χ4n) is 4.06. The predicted octanol–water partition coefficient (Wildman–Crippen LogP) is 4.31. The summed E-state index contributed by atoms with van der Waals surface area (Å²) in [5.74, 6) is 0. The van der Waals surface area contributed by atoms with Gasteiger partial charge in [-0.25, -0.2) is 0 Å². The van der Waals surface area contributed by atoms with E-state index in [0.29, 0.717) is 0 Å². The summed E-state index contributed by atoms with van der Waals surface area (Å²) >= 11 is 0. The summed E-state index contributed by atoms with van der Waals surface area (Å²) in [5.41, 5.74) is 6.47. The Balaban J connectivity index is -0.00000180. The Morgan fingerprint density at radius 2 is 1.14 bits per heavy atom. The van der Waals surface area contributed by atoms with Gasteiger partial charge in [0.1, 0.15) is 0 Å². The first-order valence-corrected chi connectivity index (χ1v) is 24.6. The minimum Gasteiger partial charge on any atom is -0.461 e. The van der Waals surface area contributed by atoms with Crippen LogP contribution in [0.15, 0.2) is 0 Å². The third kappa shape index (κ3) is 15.9. The largest absolute Gasteiger partial charge is 0.461 e. The second-order valence-electron chi connectivity index (χ2n) is 9.66. The maximum absolute atomic E-state index is 5.80. The number of hydrogen-bond acceptors (Lipinski definition) is 1. The minimum atomic E-state index is -1.30. The maximum atomic E-state index is 5.80. The van der Waals surface area contributed by atoms with E-state index >= 15 is 0 Å². The fourth-order valence-corrected chi connectivity index (χ4v) is 41.7. The second-order valence-corrected chi connectivity index (χ2v) is 34.7. The average molecular weight is 485 g/mol. The summed E-state index contributed by atoms with van der Waals surface area (Å²) in [6.45, 7) is 23.1. The molecule has 0 aliphatic rings. The minimum absolute atomic E-state index is 0. The van der Waals surface area contributed by atoms with E-state index in [1.165, 1.54) is 5.67 Å². The van der Waals surface area contributed by atoms with Crippen molar-refractivity contribution in [1.29, 1.82) is 0 Å². The summed E-state index contributed by atoms with van der Waals surface area (Å²) in [5, 5.41) is 0. The molecule has 0 aromatic heterocycles. The molecule has 0 N–H and O–H groups in total. The Hall–Kier alpha value is 2.37. The molecule has 2 atom stereocenters. The van der Waals surface area contributed by atoms with Gasteiger partial charge in [0.2, 0.25) is 0 Å². The van der Waals surface area contributed by atoms with E-state index in [2.05, 4.69) is 58.9 Å². The van der Waals surface area contributed by atoms with Gasteiger partial charge >= 0.3 is 0 Å². The van der Waals surface area contributed by atoms with Gasteiger partial charge in [-0.1, -0.05) is 70.3 Å². The van der Waals surface area contributed by atoms with Crippen molar-refractivity contribution in [3.63, 3.8) is 0 Å². The molecule has 22 heavy (non-hydrogen) atoms. The molecule has 1 nitrogen and oxygen atoms in total. The molecule has 2 unspecified atom stereocenters. The van der Waals surface area contributed by atoms with Gasteiger partial charge < -0.3 is 4.12 Å². The van der Waals surface area contributed by atoms with Crippen LogP contribution in [-0.2, 0) is 36.8 Å². The summed E-state index contributed by atoms with van der Waals surface area (Å²) in [7, 11) is -2.31. The second kappa shape index (κ2) is 11.9. The van der Waals surface area contributed by atoms with Crippen molar-refractivity contribution >= 4 is 52.5 Å². The van der Waals surface area contributed by atoms with Crippen LogP contribution in [0.25, 0.3) is 0 Å². The molecule has 132 valence electrons. The van der Waals surface area contributed by atoms with Crippen molar-refractivity contribution in [3.05, 3.63) is 0 Å². The molecular formula is C14H43OSi6Y. The molecule has 0 rings (SSSR count). The van der Waals surface area contributed by atoms with Crippen molar-refractivity contribution in [2.45, 2.75) is 89.0 Å². The molecule has 0 heterocycles. The van der Waals surface area contributed by atoms with Crippen LogP contribution in [-0.4, -0.2) is 52.5 Å². The van der Waals surface area contributed by atoms with Crippen LogP contribution in [0.5, 0.6) is 0 Å². The van der Waals surface area contributed by atoms with E-state index in [4.69, 9.17) is 4.12 Å². The standard InChI is InChI=1S/C13H39OSi6.CH4.Y/c1-16(10-18(3,4)5)11-19(6,7)12-17(2)13-20(8,9)14-15;;/h16-17H,10-13,15H2,1-9H3;1H4;. The van der Waals surface area contributed by atoms with Crippen LogP contribution >= 0.6 is 0 Å². The van der Waals surface area contributed by atoms with E-state index in [9.17, 15) is 0 Å². The van der Waals surface area contributed by atoms with Crippen molar-refractivity contribution < 1.29 is 36.8 Å². The van der Waals surface area contributed by atoms with Crippen molar-refractivity contribution in [2.24, 2.45) is 0 Å². The first-order valence-electron chi connectivity index (χ1n) is 8.19. The molecule has 0 spiro atoms. The molecule has 0 saturated carbocycles.